The maximum atomic E-state index is 13.6. The van der Waals surface area contributed by atoms with Gasteiger partial charge in [0.05, 0.1) is 40.0 Å². The number of halogens is 1. The van der Waals surface area contributed by atoms with Gasteiger partial charge >= 0.3 is 5.97 Å². The number of thiazole rings is 1. The molecule has 0 saturated carbocycles. The topological polar surface area (TPSA) is 90.1 Å². The highest BCUT2D eigenvalue weighted by molar-refractivity contribution is 9.10. The van der Waals surface area contributed by atoms with Gasteiger partial charge < -0.3 is 14.6 Å². The molecule has 1 atom stereocenters. The van der Waals surface area contributed by atoms with Crippen LogP contribution in [0.3, 0.4) is 0 Å². The summed E-state index contributed by atoms with van der Waals surface area (Å²) >= 11 is 4.54. The van der Waals surface area contributed by atoms with E-state index in [9.17, 15) is 14.7 Å². The second-order valence-electron chi connectivity index (χ2n) is 7.27. The fourth-order valence-corrected chi connectivity index (χ4v) is 5.23. The van der Waals surface area contributed by atoms with Crippen molar-refractivity contribution in [2.45, 2.75) is 19.9 Å². The monoisotopic (exact) mass is 528 g/mol. The minimum atomic E-state index is -0.648. The Morgan fingerprint density at radius 2 is 2.03 bits per heavy atom. The number of rotatable bonds is 5. The smallest absolute Gasteiger partial charge is 0.338 e. The number of phenolic OH excluding ortho intramolecular Hbond substituents is 1. The molecule has 2 heterocycles. The molecular weight excluding hydrogens is 508 g/mol. The molecule has 1 N–H and O–H groups in total. The quantitative estimate of drug-likeness (QED) is 0.513. The fourth-order valence-electron chi connectivity index (χ4n) is 3.73. The normalized spacial score (nSPS) is 15.8. The van der Waals surface area contributed by atoms with E-state index in [2.05, 4.69) is 20.9 Å². The number of aromatic hydroxyl groups is 1. The fraction of sp³-hybridized carbons (Fsp3) is 0.208. The molecule has 0 amide bonds. The van der Waals surface area contributed by atoms with Crippen molar-refractivity contribution in [1.29, 1.82) is 0 Å². The molecule has 0 saturated heterocycles. The summed E-state index contributed by atoms with van der Waals surface area (Å²) in [7, 11) is 1.46. The van der Waals surface area contributed by atoms with Crippen molar-refractivity contribution >= 4 is 39.3 Å². The lowest BCUT2D eigenvalue weighted by Gasteiger charge is -2.24. The predicted molar refractivity (Wildman–Crippen MR) is 129 cm³/mol. The van der Waals surface area contributed by atoms with Crippen LogP contribution in [0.1, 0.15) is 31.0 Å². The molecule has 1 aromatic heterocycles. The van der Waals surface area contributed by atoms with Gasteiger partial charge in [0, 0.05) is 0 Å². The van der Waals surface area contributed by atoms with Crippen LogP contribution in [0.4, 0.5) is 0 Å². The van der Waals surface area contributed by atoms with E-state index < -0.39 is 12.0 Å². The number of esters is 1. The van der Waals surface area contributed by atoms with Gasteiger partial charge in [0.25, 0.3) is 5.56 Å². The minimum absolute atomic E-state index is 0.0186. The van der Waals surface area contributed by atoms with Gasteiger partial charge in [0.15, 0.2) is 16.3 Å². The summed E-state index contributed by atoms with van der Waals surface area (Å²) in [6.07, 6.45) is 1.71. The number of benzene rings is 2. The molecular formula is C24H21BrN2O5S. The van der Waals surface area contributed by atoms with Crippen LogP contribution in [0.5, 0.6) is 11.5 Å². The van der Waals surface area contributed by atoms with E-state index in [1.54, 1.807) is 32.1 Å². The molecule has 0 fully saturated rings. The zero-order valence-electron chi connectivity index (χ0n) is 18.2. The summed E-state index contributed by atoms with van der Waals surface area (Å²) in [5.41, 5.74) is 2.04. The summed E-state index contributed by atoms with van der Waals surface area (Å²) in [6, 6.07) is 12.0. The maximum Gasteiger partial charge on any atom is 0.338 e. The second-order valence-corrected chi connectivity index (χ2v) is 9.13. The number of nitrogens with zero attached hydrogens (tertiary/aromatic N) is 2. The summed E-state index contributed by atoms with van der Waals surface area (Å²) in [5.74, 6) is -0.227. The van der Waals surface area contributed by atoms with Crippen LogP contribution < -0.4 is 19.6 Å². The summed E-state index contributed by atoms with van der Waals surface area (Å²) in [4.78, 5) is 31.5. The molecule has 2 aromatic carbocycles. The summed E-state index contributed by atoms with van der Waals surface area (Å²) in [5, 5.41) is 10.1. The van der Waals surface area contributed by atoms with Crippen LogP contribution in [0.15, 0.2) is 68.0 Å². The van der Waals surface area contributed by atoms with Crippen LogP contribution in [0.2, 0.25) is 0 Å². The summed E-state index contributed by atoms with van der Waals surface area (Å²) < 4.78 is 12.9. The van der Waals surface area contributed by atoms with Crippen LogP contribution in [-0.4, -0.2) is 29.4 Å². The van der Waals surface area contributed by atoms with E-state index in [0.29, 0.717) is 30.6 Å². The molecule has 1 unspecified atom stereocenters. The van der Waals surface area contributed by atoms with E-state index in [1.165, 1.54) is 23.0 Å². The van der Waals surface area contributed by atoms with Gasteiger partial charge in [-0.3, -0.25) is 9.36 Å². The number of phenols is 1. The van der Waals surface area contributed by atoms with E-state index in [1.807, 2.05) is 30.3 Å². The van der Waals surface area contributed by atoms with Gasteiger partial charge in [0.1, 0.15) is 0 Å². The van der Waals surface area contributed by atoms with E-state index in [0.717, 1.165) is 5.56 Å². The van der Waals surface area contributed by atoms with E-state index >= 15 is 0 Å². The zero-order chi connectivity index (χ0) is 23.7. The van der Waals surface area contributed by atoms with Crippen molar-refractivity contribution in [3.8, 4) is 11.5 Å². The Labute approximate surface area is 202 Å². The highest BCUT2D eigenvalue weighted by Gasteiger charge is 2.33. The van der Waals surface area contributed by atoms with Crippen LogP contribution in [-0.2, 0) is 9.53 Å². The van der Waals surface area contributed by atoms with Crippen LogP contribution in [0.25, 0.3) is 6.08 Å². The van der Waals surface area contributed by atoms with E-state index in [-0.39, 0.29) is 23.7 Å². The molecule has 1 aliphatic rings. The molecule has 1 aliphatic heterocycles. The first-order chi connectivity index (χ1) is 15.8. The number of fused-ring (bicyclic) bond motifs is 1. The van der Waals surface area contributed by atoms with Crippen molar-refractivity contribution in [3.05, 3.63) is 89.0 Å². The Hall–Kier alpha value is -3.17. The van der Waals surface area contributed by atoms with Gasteiger partial charge in [-0.2, -0.15) is 0 Å². The van der Waals surface area contributed by atoms with Crippen molar-refractivity contribution < 1.29 is 19.4 Å². The van der Waals surface area contributed by atoms with Crippen molar-refractivity contribution in [3.63, 3.8) is 0 Å². The number of carbonyl (C=O) groups is 1. The number of hydrogen-bond donors (Lipinski definition) is 1. The third-order valence-corrected chi connectivity index (χ3v) is 6.79. The number of carbonyl (C=O) groups excluding carboxylic acids is 1. The molecule has 0 aliphatic carbocycles. The van der Waals surface area contributed by atoms with Crippen molar-refractivity contribution in [2.75, 3.05) is 13.7 Å². The molecule has 7 nitrogen and oxygen atoms in total. The molecule has 0 radical (unpaired) electrons. The molecule has 170 valence electrons. The van der Waals surface area contributed by atoms with Gasteiger partial charge in [-0.15, -0.1) is 0 Å². The average molecular weight is 529 g/mol. The van der Waals surface area contributed by atoms with Gasteiger partial charge in [-0.05, 0) is 59.1 Å². The first kappa shape index (κ1) is 23.0. The van der Waals surface area contributed by atoms with Gasteiger partial charge in [-0.1, -0.05) is 41.7 Å². The zero-order valence-corrected chi connectivity index (χ0v) is 20.6. The second kappa shape index (κ2) is 9.36. The lowest BCUT2D eigenvalue weighted by atomic mass is 9.96. The van der Waals surface area contributed by atoms with Gasteiger partial charge in [-0.25, -0.2) is 9.79 Å². The minimum Gasteiger partial charge on any atom is -0.503 e. The molecule has 0 bridgehead atoms. The predicted octanol–water partition coefficient (Wildman–Crippen LogP) is 3.28. The van der Waals surface area contributed by atoms with Gasteiger partial charge in [0.2, 0.25) is 0 Å². The Morgan fingerprint density at radius 3 is 2.70 bits per heavy atom. The highest BCUT2D eigenvalue weighted by atomic mass is 79.9. The maximum absolute atomic E-state index is 13.6. The summed E-state index contributed by atoms with van der Waals surface area (Å²) in [6.45, 7) is 3.71. The van der Waals surface area contributed by atoms with Crippen LogP contribution in [0, 0.1) is 0 Å². The van der Waals surface area contributed by atoms with Crippen molar-refractivity contribution in [2.24, 2.45) is 4.99 Å². The Kier molecular flexibility index (Phi) is 6.53. The van der Waals surface area contributed by atoms with Crippen LogP contribution >= 0.6 is 27.3 Å². The standard InChI is InChI=1S/C24H21BrN2O5S/c1-4-32-23(30)19-13(2)26-24-27(20(19)15-8-6-5-7-9-15)22(29)18(33-24)12-14-10-16(25)21(28)17(11-14)31-3/h5-12,20,28H,4H2,1-3H3. The Bertz CT molecular complexity index is 1440. The molecule has 3 aromatic rings. The Balaban J connectivity index is 1.95. The van der Waals surface area contributed by atoms with E-state index in [4.69, 9.17) is 9.47 Å². The molecule has 4 rings (SSSR count). The molecule has 9 heteroatoms. The third kappa shape index (κ3) is 4.26. The first-order valence-electron chi connectivity index (χ1n) is 10.2. The Morgan fingerprint density at radius 1 is 1.30 bits per heavy atom. The van der Waals surface area contributed by atoms with Crippen molar-refractivity contribution in [1.82, 2.24) is 4.57 Å². The highest BCUT2D eigenvalue weighted by Crippen LogP contribution is 2.35. The SMILES string of the molecule is CCOC(=O)C1=C(C)N=c2sc(=Cc3cc(Br)c(O)c(OC)c3)c(=O)n2C1c1ccccc1. The lowest BCUT2D eigenvalue weighted by Crippen LogP contribution is -2.39. The largest absolute Gasteiger partial charge is 0.503 e. The lowest BCUT2D eigenvalue weighted by molar-refractivity contribution is -0.139. The molecule has 0 spiro atoms. The first-order valence-corrected chi connectivity index (χ1v) is 11.8. The average Bonchev–Trinajstić information content (AvgIpc) is 3.10. The third-order valence-electron chi connectivity index (χ3n) is 5.20. The number of methoxy groups -OCH3 is 1. The number of ether oxygens (including phenoxy) is 2. The molecule has 33 heavy (non-hydrogen) atoms. The number of allylic oxidation sites excluding steroid dienone is 1. The number of hydrogen-bond acceptors (Lipinski definition) is 7. The number of aromatic nitrogens is 1.